The van der Waals surface area contributed by atoms with E-state index in [2.05, 4.69) is 14.1 Å². The van der Waals surface area contributed by atoms with E-state index >= 15 is 0 Å². The first-order chi connectivity index (χ1) is 11.8. The number of H-pyrrole nitrogens is 1. The minimum Gasteiger partial charge on any atom is -0.372 e. The van der Waals surface area contributed by atoms with Crippen molar-refractivity contribution in [2.24, 2.45) is 5.73 Å². The zero-order chi connectivity index (χ0) is 18.2. The van der Waals surface area contributed by atoms with Crippen LogP contribution < -0.4 is 21.8 Å². The van der Waals surface area contributed by atoms with Crippen LogP contribution in [0.15, 0.2) is 61.4 Å². The molecule has 2 aromatic carbocycles. The molecule has 3 aromatic rings. The van der Waals surface area contributed by atoms with Gasteiger partial charge in [-0.25, -0.2) is 18.0 Å². The molecule has 0 saturated carbocycles. The number of hydrogen-bond acceptors (Lipinski definition) is 6. The summed E-state index contributed by atoms with van der Waals surface area (Å²) < 4.78 is 31.7. The second-order valence-corrected chi connectivity index (χ2v) is 6.71. The van der Waals surface area contributed by atoms with Crippen molar-refractivity contribution in [2.75, 3.05) is 4.72 Å². The van der Waals surface area contributed by atoms with Crippen LogP contribution in [0.5, 0.6) is 0 Å². The van der Waals surface area contributed by atoms with Crippen molar-refractivity contribution in [3.63, 3.8) is 0 Å². The molecule has 1 heterocycles. The molecule has 128 valence electrons. The summed E-state index contributed by atoms with van der Waals surface area (Å²) in [6.45, 7) is 0. The first kappa shape index (κ1) is 16.5. The number of carbonyl (C=O) groups excluding carboxylic acids is 1. The molecule has 0 fully saturated rings. The van der Waals surface area contributed by atoms with Crippen LogP contribution in [0.4, 0.5) is 5.69 Å². The number of para-hydroxylation sites is 1. The molecule has 0 aliphatic rings. The second-order valence-electron chi connectivity index (χ2n) is 5.02. The van der Waals surface area contributed by atoms with E-state index in [1.807, 2.05) is 0 Å². The molecule has 0 radical (unpaired) electrons. The third-order valence-electron chi connectivity index (χ3n) is 3.38. The number of aromatic nitrogens is 1. The largest absolute Gasteiger partial charge is 0.419 e. The molecule has 0 spiro atoms. The fourth-order valence-electron chi connectivity index (χ4n) is 2.23. The number of aromatic amines is 1. The van der Waals surface area contributed by atoms with Gasteiger partial charge in [-0.2, -0.15) is 0 Å². The van der Waals surface area contributed by atoms with Crippen LogP contribution in [0.2, 0.25) is 0 Å². The first-order valence-electron chi connectivity index (χ1n) is 6.87. The van der Waals surface area contributed by atoms with E-state index in [4.69, 9.17) is 5.73 Å². The van der Waals surface area contributed by atoms with E-state index < -0.39 is 27.3 Å². The van der Waals surface area contributed by atoms with Gasteiger partial charge in [0.2, 0.25) is 0 Å². The third-order valence-corrected chi connectivity index (χ3v) is 4.74. The topological polar surface area (TPSA) is 152 Å². The van der Waals surface area contributed by atoms with Crippen LogP contribution in [0.1, 0.15) is 10.4 Å². The smallest absolute Gasteiger partial charge is 0.372 e. The summed E-state index contributed by atoms with van der Waals surface area (Å²) >= 11 is 0. The molecule has 0 bridgehead atoms. The summed E-state index contributed by atoms with van der Waals surface area (Å²) in [7, 11) is -4.12. The van der Waals surface area contributed by atoms with Crippen molar-refractivity contribution >= 4 is 32.5 Å². The number of anilines is 1. The van der Waals surface area contributed by atoms with Gasteiger partial charge in [-0.05, 0) is 30.3 Å². The van der Waals surface area contributed by atoms with E-state index in [1.54, 1.807) is 0 Å². The van der Waals surface area contributed by atoms with Crippen LogP contribution in [-0.4, -0.2) is 19.3 Å². The minimum absolute atomic E-state index is 0.00333. The molecule has 1 aromatic heterocycles. The van der Waals surface area contributed by atoms with Crippen LogP contribution in [0.25, 0.3) is 10.9 Å². The van der Waals surface area contributed by atoms with Crippen LogP contribution in [0, 0.1) is 0 Å². The molecular weight excluding hydrogens is 350 g/mol. The summed E-state index contributed by atoms with van der Waals surface area (Å²) in [5.74, 6) is -1.74. The van der Waals surface area contributed by atoms with Crippen molar-refractivity contribution in [2.45, 2.75) is 4.90 Å². The van der Waals surface area contributed by atoms with E-state index in [-0.39, 0.29) is 27.0 Å². The Balaban J connectivity index is 2.10. The van der Waals surface area contributed by atoms with Crippen molar-refractivity contribution in [3.8, 4) is 0 Å². The van der Waals surface area contributed by atoms with Crippen LogP contribution in [-0.2, 0) is 10.0 Å². The fraction of sp³-hybridized carbons (Fsp3) is 0. The number of rotatable bonds is 4. The molecule has 4 N–H and O–H groups in total. The van der Waals surface area contributed by atoms with Crippen LogP contribution in [0.3, 0.4) is 0 Å². The number of sulfonamides is 1. The Kier molecular flexibility index (Phi) is 3.89. The zero-order valence-corrected chi connectivity index (χ0v) is 13.3. The number of hydrogen-bond donors (Lipinski definition) is 3. The van der Waals surface area contributed by atoms with Crippen molar-refractivity contribution < 1.29 is 17.6 Å². The molecule has 0 unspecified atom stereocenters. The zero-order valence-electron chi connectivity index (χ0n) is 12.5. The fourth-order valence-corrected chi connectivity index (χ4v) is 3.34. The lowest BCUT2D eigenvalue weighted by atomic mass is 10.2. The van der Waals surface area contributed by atoms with Gasteiger partial charge in [-0.15, -0.1) is 0 Å². The van der Waals surface area contributed by atoms with Gasteiger partial charge in [0.25, 0.3) is 15.9 Å². The quantitative estimate of drug-likeness (QED) is 0.611. The monoisotopic (exact) mass is 361 g/mol. The molecule has 0 aliphatic carbocycles. The Labute approximate surface area is 140 Å². The van der Waals surface area contributed by atoms with Crippen molar-refractivity contribution in [3.05, 3.63) is 69.0 Å². The average Bonchev–Trinajstić information content (AvgIpc) is 2.54. The predicted molar refractivity (Wildman–Crippen MR) is 88.9 cm³/mol. The Bertz CT molecular complexity index is 1210. The molecule has 1 amide bonds. The Morgan fingerprint density at radius 3 is 2.56 bits per heavy atom. The van der Waals surface area contributed by atoms with Gasteiger partial charge < -0.3 is 10.2 Å². The lowest BCUT2D eigenvalue weighted by Gasteiger charge is -2.11. The summed E-state index contributed by atoms with van der Waals surface area (Å²) in [6, 6.07) is 9.35. The lowest BCUT2D eigenvalue weighted by Crippen LogP contribution is -2.19. The molecule has 9 nitrogen and oxygen atoms in total. The van der Waals surface area contributed by atoms with Gasteiger partial charge in [0, 0.05) is 0 Å². The molecule has 25 heavy (non-hydrogen) atoms. The van der Waals surface area contributed by atoms with Gasteiger partial charge in [-0.1, -0.05) is 12.1 Å². The number of amides is 1. The highest BCUT2D eigenvalue weighted by Gasteiger charge is 2.19. The van der Waals surface area contributed by atoms with Gasteiger partial charge >= 0.3 is 11.4 Å². The Hall–Kier alpha value is -3.40. The van der Waals surface area contributed by atoms with Gasteiger partial charge in [0.1, 0.15) is 0 Å². The van der Waals surface area contributed by atoms with Gasteiger partial charge in [-0.3, -0.25) is 14.5 Å². The number of nitrogens with one attached hydrogen (secondary N) is 2. The highest BCUT2D eigenvalue weighted by atomic mass is 32.2. The van der Waals surface area contributed by atoms with Crippen molar-refractivity contribution in [1.29, 1.82) is 0 Å². The summed E-state index contributed by atoms with van der Waals surface area (Å²) in [5, 5.41) is -0.106. The lowest BCUT2D eigenvalue weighted by molar-refractivity contribution is 0.100. The molecule has 0 aliphatic heterocycles. The maximum Gasteiger partial charge on any atom is 0.419 e. The normalized spacial score (nSPS) is 11.4. The second kappa shape index (κ2) is 5.91. The summed E-state index contributed by atoms with van der Waals surface area (Å²) in [6.07, 6.45) is 0. The number of primary amides is 1. The maximum atomic E-state index is 12.5. The molecule has 10 heteroatoms. The predicted octanol–water partition coefficient (Wildman–Crippen LogP) is 0.381. The first-order valence-corrected chi connectivity index (χ1v) is 8.35. The number of carbonyl (C=O) groups is 1. The number of nitrogens with two attached hydrogens (primary N) is 1. The van der Waals surface area contributed by atoms with E-state index in [0.717, 1.165) is 6.07 Å². The van der Waals surface area contributed by atoms with Crippen molar-refractivity contribution in [1.82, 2.24) is 4.98 Å². The van der Waals surface area contributed by atoms with Gasteiger partial charge in [0.15, 0.2) is 0 Å². The van der Waals surface area contributed by atoms with E-state index in [1.165, 1.54) is 36.4 Å². The van der Waals surface area contributed by atoms with Gasteiger partial charge in [0.05, 0.1) is 27.0 Å². The highest BCUT2D eigenvalue weighted by molar-refractivity contribution is 7.92. The minimum atomic E-state index is -4.12. The van der Waals surface area contributed by atoms with E-state index in [9.17, 15) is 22.8 Å². The third kappa shape index (κ3) is 3.15. The summed E-state index contributed by atoms with van der Waals surface area (Å²) in [5.41, 5.74) is 4.39. The molecule has 0 saturated heterocycles. The standard InChI is InChI=1S/C15H11N3O6S/c16-13(19)9-3-1-2-4-12(9)18-25(22,23)8-5-6-11-10(7-8)14(20)24-15(21)17-11/h1-7,18H,(H2,16,19)(H,17,21). The number of fused-ring (bicyclic) bond motifs is 1. The summed E-state index contributed by atoms with van der Waals surface area (Å²) in [4.78, 5) is 36.3. The van der Waals surface area contributed by atoms with Crippen LogP contribution >= 0.6 is 0 Å². The number of benzene rings is 2. The molecule has 0 atom stereocenters. The Morgan fingerprint density at radius 1 is 1.12 bits per heavy atom. The Morgan fingerprint density at radius 2 is 1.84 bits per heavy atom. The maximum absolute atomic E-state index is 12.5. The van der Waals surface area contributed by atoms with E-state index in [0.29, 0.717) is 0 Å². The highest BCUT2D eigenvalue weighted by Crippen LogP contribution is 2.21. The SMILES string of the molecule is NC(=O)c1ccccc1NS(=O)(=O)c1ccc2[nH]c(=O)oc(=O)c2c1. The molecule has 3 rings (SSSR count). The average molecular weight is 361 g/mol. The molecular formula is C15H11N3O6S.